The smallest absolute Gasteiger partial charge is 0.229 e. The Hall–Kier alpha value is -1.81. The fourth-order valence-electron chi connectivity index (χ4n) is 5.02. The zero-order valence-corrected chi connectivity index (χ0v) is 19.9. The number of benzene rings is 2. The molecule has 1 saturated heterocycles. The molecule has 5 heteroatoms. The summed E-state index contributed by atoms with van der Waals surface area (Å²) in [6.45, 7) is 9.68. The number of aliphatic hydroxyl groups is 1. The molecular weight excluding hydrogens is 429 g/mol. The van der Waals surface area contributed by atoms with Crippen molar-refractivity contribution in [1.29, 1.82) is 0 Å². The lowest BCUT2D eigenvalue weighted by Gasteiger charge is -2.52. The number of rotatable bonds is 7. The molecule has 166 valence electrons. The van der Waals surface area contributed by atoms with E-state index in [4.69, 9.17) is 23.2 Å². The summed E-state index contributed by atoms with van der Waals surface area (Å²) < 4.78 is 0. The summed E-state index contributed by atoms with van der Waals surface area (Å²) in [6.07, 6.45) is 3.05. The molecule has 1 N–H and O–H groups in total. The van der Waals surface area contributed by atoms with E-state index >= 15 is 0 Å². The number of hydrogen-bond donors (Lipinski definition) is 1. The number of carbonyl (C=O) groups excluding carboxylic acids is 1. The van der Waals surface area contributed by atoms with E-state index in [1.807, 2.05) is 67.3 Å². The van der Waals surface area contributed by atoms with Crippen LogP contribution in [0.2, 0.25) is 10.0 Å². The van der Waals surface area contributed by atoms with Crippen LogP contribution >= 0.6 is 23.2 Å². The molecule has 2 aromatic rings. The Balaban J connectivity index is 2.24. The van der Waals surface area contributed by atoms with Crippen LogP contribution in [0.1, 0.15) is 63.1 Å². The lowest BCUT2D eigenvalue weighted by molar-refractivity contribution is -0.158. The van der Waals surface area contributed by atoms with E-state index < -0.39 is 11.5 Å². The third-order valence-electron chi connectivity index (χ3n) is 6.52. The third-order valence-corrected chi connectivity index (χ3v) is 7.00. The van der Waals surface area contributed by atoms with Crippen LogP contribution in [0.15, 0.2) is 61.2 Å². The van der Waals surface area contributed by atoms with E-state index in [-0.39, 0.29) is 23.9 Å². The van der Waals surface area contributed by atoms with Crippen molar-refractivity contribution in [2.45, 2.75) is 64.1 Å². The fraction of sp³-hybridized carbons (Fsp3) is 0.423. The van der Waals surface area contributed by atoms with Gasteiger partial charge in [-0.3, -0.25) is 4.79 Å². The van der Waals surface area contributed by atoms with Gasteiger partial charge >= 0.3 is 0 Å². The predicted molar refractivity (Wildman–Crippen MR) is 129 cm³/mol. The Morgan fingerprint density at radius 2 is 1.87 bits per heavy atom. The SMILES string of the molecule is C=CC[C@@]1(C)C[C@H](c2cccc(Cl)c2)[C@@H](c2ccc(Cl)cc2)N([C@@H](CC)[C@@H](C)O)C1=O. The van der Waals surface area contributed by atoms with Crippen molar-refractivity contribution in [2.24, 2.45) is 5.41 Å². The van der Waals surface area contributed by atoms with E-state index in [2.05, 4.69) is 12.6 Å². The Morgan fingerprint density at radius 3 is 2.42 bits per heavy atom. The average molecular weight is 460 g/mol. The summed E-state index contributed by atoms with van der Waals surface area (Å²) in [5, 5.41) is 12.0. The molecule has 1 aliphatic heterocycles. The minimum Gasteiger partial charge on any atom is -0.391 e. The van der Waals surface area contributed by atoms with Crippen LogP contribution in [-0.2, 0) is 4.79 Å². The zero-order chi connectivity index (χ0) is 22.8. The second-order valence-corrected chi connectivity index (χ2v) is 9.72. The van der Waals surface area contributed by atoms with Gasteiger partial charge in [-0.25, -0.2) is 0 Å². The van der Waals surface area contributed by atoms with Gasteiger partial charge in [0.15, 0.2) is 0 Å². The second-order valence-electron chi connectivity index (χ2n) is 8.84. The van der Waals surface area contributed by atoms with Gasteiger partial charge in [-0.2, -0.15) is 0 Å². The maximum atomic E-state index is 14.0. The van der Waals surface area contributed by atoms with Gasteiger partial charge in [0.2, 0.25) is 5.91 Å². The molecule has 0 bridgehead atoms. The molecule has 1 fully saturated rings. The van der Waals surface area contributed by atoms with Crippen LogP contribution in [-0.4, -0.2) is 28.1 Å². The standard InChI is InChI=1S/C26H31Cl2NO2/c1-5-14-26(4)16-22(19-8-7-9-21(28)15-19)24(18-10-12-20(27)13-11-18)29(25(26)31)23(6-2)17(3)30/h5,7-13,15,17,22-24,30H,1,6,14,16H2,2-4H3/t17-,22-,23+,24-,26+/m1/s1. The summed E-state index contributed by atoms with van der Waals surface area (Å²) >= 11 is 12.5. The summed E-state index contributed by atoms with van der Waals surface area (Å²) in [4.78, 5) is 15.9. The van der Waals surface area contributed by atoms with Gasteiger partial charge in [-0.05, 0) is 61.6 Å². The monoisotopic (exact) mass is 459 g/mol. The number of likely N-dealkylation sites (tertiary alicyclic amines) is 1. The number of nitrogens with zero attached hydrogens (tertiary/aromatic N) is 1. The summed E-state index contributed by atoms with van der Waals surface area (Å²) in [6, 6.07) is 15.0. The Labute approximate surface area is 195 Å². The molecule has 0 aromatic heterocycles. The number of hydrogen-bond acceptors (Lipinski definition) is 2. The van der Waals surface area contributed by atoms with Crippen LogP contribution in [0.5, 0.6) is 0 Å². The predicted octanol–water partition coefficient (Wildman–Crippen LogP) is 6.79. The topological polar surface area (TPSA) is 40.5 Å². The number of carbonyl (C=O) groups is 1. The van der Waals surface area contributed by atoms with Crippen molar-refractivity contribution in [3.63, 3.8) is 0 Å². The molecule has 31 heavy (non-hydrogen) atoms. The van der Waals surface area contributed by atoms with E-state index in [1.165, 1.54) is 0 Å². The van der Waals surface area contributed by atoms with Crippen LogP contribution < -0.4 is 0 Å². The minimum absolute atomic E-state index is 0.00956. The first kappa shape index (κ1) is 23.8. The molecule has 0 radical (unpaired) electrons. The molecule has 2 aromatic carbocycles. The molecule has 0 saturated carbocycles. The minimum atomic E-state index is -0.658. The summed E-state index contributed by atoms with van der Waals surface area (Å²) in [5.41, 5.74) is 1.48. The van der Waals surface area contributed by atoms with Crippen LogP contribution in [0.25, 0.3) is 0 Å². The molecule has 0 aliphatic carbocycles. The molecule has 1 aliphatic rings. The van der Waals surface area contributed by atoms with Crippen molar-refractivity contribution < 1.29 is 9.90 Å². The van der Waals surface area contributed by atoms with Crippen molar-refractivity contribution in [1.82, 2.24) is 4.90 Å². The molecule has 3 nitrogen and oxygen atoms in total. The normalized spacial score (nSPS) is 25.9. The van der Waals surface area contributed by atoms with E-state index in [9.17, 15) is 9.90 Å². The highest BCUT2D eigenvalue weighted by atomic mass is 35.5. The van der Waals surface area contributed by atoms with Gasteiger partial charge < -0.3 is 10.0 Å². The number of piperidine rings is 1. The third kappa shape index (κ3) is 4.84. The molecule has 1 amide bonds. The average Bonchev–Trinajstić information content (AvgIpc) is 2.72. The van der Waals surface area contributed by atoms with Gasteiger partial charge in [-0.15, -0.1) is 6.58 Å². The Kier molecular flexibility index (Phi) is 7.51. The zero-order valence-electron chi connectivity index (χ0n) is 18.4. The first-order valence-corrected chi connectivity index (χ1v) is 11.6. The van der Waals surface area contributed by atoms with Crippen LogP contribution in [0, 0.1) is 5.41 Å². The number of amides is 1. The quantitative estimate of drug-likeness (QED) is 0.462. The maximum absolute atomic E-state index is 14.0. The first-order chi connectivity index (χ1) is 14.7. The Bertz CT molecular complexity index is 927. The first-order valence-electron chi connectivity index (χ1n) is 10.8. The van der Waals surface area contributed by atoms with Gasteiger partial charge in [0.1, 0.15) is 0 Å². The highest BCUT2D eigenvalue weighted by Gasteiger charge is 2.51. The molecule has 3 rings (SSSR count). The number of halogens is 2. The summed E-state index contributed by atoms with van der Waals surface area (Å²) in [7, 11) is 0. The number of allylic oxidation sites excluding steroid dienone is 1. The lowest BCUT2D eigenvalue weighted by Crippen LogP contribution is -2.57. The van der Waals surface area contributed by atoms with E-state index in [1.54, 1.807) is 6.92 Å². The largest absolute Gasteiger partial charge is 0.391 e. The fourth-order valence-corrected chi connectivity index (χ4v) is 5.35. The highest BCUT2D eigenvalue weighted by Crippen LogP contribution is 2.52. The number of aliphatic hydroxyl groups excluding tert-OH is 1. The van der Waals surface area contributed by atoms with Crippen molar-refractivity contribution in [2.75, 3.05) is 0 Å². The van der Waals surface area contributed by atoms with Gasteiger partial charge in [0.05, 0.1) is 23.6 Å². The van der Waals surface area contributed by atoms with Crippen molar-refractivity contribution >= 4 is 29.1 Å². The molecule has 1 heterocycles. The van der Waals surface area contributed by atoms with Crippen molar-refractivity contribution in [3.05, 3.63) is 82.4 Å². The molecular formula is C26H31Cl2NO2. The van der Waals surface area contributed by atoms with Crippen LogP contribution in [0.3, 0.4) is 0 Å². The van der Waals surface area contributed by atoms with Gasteiger partial charge in [0.25, 0.3) is 0 Å². The van der Waals surface area contributed by atoms with Crippen molar-refractivity contribution in [3.8, 4) is 0 Å². The maximum Gasteiger partial charge on any atom is 0.229 e. The van der Waals surface area contributed by atoms with Crippen LogP contribution in [0.4, 0.5) is 0 Å². The second kappa shape index (κ2) is 9.77. The highest BCUT2D eigenvalue weighted by molar-refractivity contribution is 6.30. The van der Waals surface area contributed by atoms with Gasteiger partial charge in [0, 0.05) is 16.0 Å². The molecule has 0 spiro atoms. The molecule has 0 unspecified atom stereocenters. The Morgan fingerprint density at radius 1 is 1.19 bits per heavy atom. The molecule has 5 atom stereocenters. The summed E-state index contributed by atoms with van der Waals surface area (Å²) in [5.74, 6) is 0.0636. The van der Waals surface area contributed by atoms with E-state index in [0.29, 0.717) is 29.3 Å². The van der Waals surface area contributed by atoms with Gasteiger partial charge in [-0.1, -0.05) is 67.4 Å². The lowest BCUT2D eigenvalue weighted by atomic mass is 9.67. The van der Waals surface area contributed by atoms with E-state index in [0.717, 1.165) is 11.1 Å².